The third-order valence-electron chi connectivity index (χ3n) is 6.36. The summed E-state index contributed by atoms with van der Waals surface area (Å²) in [6.07, 6.45) is 4.28. The quantitative estimate of drug-likeness (QED) is 0.634. The Balaban J connectivity index is 1.50. The first kappa shape index (κ1) is 21.8. The molecule has 1 aliphatic heterocycles. The number of benzene rings is 2. The minimum atomic E-state index is -0.334. The van der Waals surface area contributed by atoms with E-state index in [2.05, 4.69) is 57.3 Å². The van der Waals surface area contributed by atoms with Crippen molar-refractivity contribution < 1.29 is 4.79 Å². The van der Waals surface area contributed by atoms with Gasteiger partial charge in [-0.05, 0) is 75.6 Å². The van der Waals surface area contributed by atoms with Crippen LogP contribution in [0, 0.1) is 26.7 Å². The maximum atomic E-state index is 12.6. The molecule has 162 valence electrons. The normalized spacial score (nSPS) is 22.9. The highest BCUT2D eigenvalue weighted by Crippen LogP contribution is 2.40. The number of nitrogens with one attached hydrogen (secondary N) is 1. The van der Waals surface area contributed by atoms with E-state index in [-0.39, 0.29) is 11.6 Å². The lowest BCUT2D eigenvalue weighted by atomic mass is 9.83. The van der Waals surface area contributed by atoms with Crippen LogP contribution in [-0.4, -0.2) is 28.1 Å². The Morgan fingerprint density at radius 1 is 1.03 bits per heavy atom. The van der Waals surface area contributed by atoms with Gasteiger partial charge in [0.15, 0.2) is 5.66 Å². The van der Waals surface area contributed by atoms with Crippen LogP contribution >= 0.6 is 11.8 Å². The van der Waals surface area contributed by atoms with Crippen LogP contribution < -0.4 is 5.32 Å². The molecule has 1 N–H and O–H groups in total. The predicted octanol–water partition coefficient (Wildman–Crippen LogP) is 6.09. The Morgan fingerprint density at radius 3 is 2.42 bits per heavy atom. The summed E-state index contributed by atoms with van der Waals surface area (Å²) in [6.45, 7) is 8.53. The van der Waals surface area contributed by atoms with Crippen LogP contribution in [-0.2, 0) is 4.79 Å². The van der Waals surface area contributed by atoms with E-state index in [9.17, 15) is 4.79 Å². The van der Waals surface area contributed by atoms with E-state index in [4.69, 9.17) is 9.98 Å². The maximum Gasteiger partial charge on any atom is 0.234 e. The molecule has 4 rings (SSSR count). The Kier molecular flexibility index (Phi) is 6.33. The van der Waals surface area contributed by atoms with Crippen LogP contribution in [0.4, 0.5) is 5.69 Å². The first-order valence-corrected chi connectivity index (χ1v) is 12.1. The second-order valence-corrected chi connectivity index (χ2v) is 10.0. The number of carbonyl (C=O) groups is 1. The summed E-state index contributed by atoms with van der Waals surface area (Å²) in [4.78, 5) is 22.9. The molecule has 0 bridgehead atoms. The van der Waals surface area contributed by atoms with Gasteiger partial charge in [0.1, 0.15) is 5.04 Å². The minimum Gasteiger partial charge on any atom is -0.325 e. The van der Waals surface area contributed by atoms with Gasteiger partial charge in [0.05, 0.1) is 11.5 Å². The molecule has 0 saturated heterocycles. The molecule has 2 aromatic rings. The van der Waals surface area contributed by atoms with Gasteiger partial charge in [-0.25, -0.2) is 4.99 Å². The zero-order chi connectivity index (χ0) is 22.0. The molecule has 1 spiro atoms. The second-order valence-electron chi connectivity index (χ2n) is 9.04. The monoisotopic (exact) mass is 433 g/mol. The number of aryl methyl sites for hydroxylation is 3. The van der Waals surface area contributed by atoms with Crippen LogP contribution in [0.25, 0.3) is 0 Å². The molecule has 4 nitrogen and oxygen atoms in total. The molecule has 1 fully saturated rings. The smallest absolute Gasteiger partial charge is 0.234 e. The van der Waals surface area contributed by atoms with Crippen molar-refractivity contribution in [1.29, 1.82) is 0 Å². The first-order chi connectivity index (χ1) is 14.8. The standard InChI is InChI=1S/C26H31N3OS/c1-17-5-8-21(9-6-17)24-25(29-26(28-24)13-11-18(2)12-14-26)31-16-23(30)27-22-10-7-19(3)20(4)15-22/h5-10,15,18H,11-14,16H2,1-4H3,(H,27,30). The van der Waals surface area contributed by atoms with Gasteiger partial charge < -0.3 is 5.32 Å². The molecule has 0 radical (unpaired) electrons. The van der Waals surface area contributed by atoms with Crippen LogP contribution in [0.3, 0.4) is 0 Å². The highest BCUT2D eigenvalue weighted by Gasteiger charge is 2.39. The summed E-state index contributed by atoms with van der Waals surface area (Å²) in [7, 11) is 0. The van der Waals surface area contributed by atoms with Gasteiger partial charge in [-0.2, -0.15) is 0 Å². The molecule has 0 unspecified atom stereocenters. The lowest BCUT2D eigenvalue weighted by Crippen LogP contribution is -2.28. The summed E-state index contributed by atoms with van der Waals surface area (Å²) in [5.74, 6) is 1.04. The van der Waals surface area contributed by atoms with Crippen LogP contribution in [0.15, 0.2) is 52.4 Å². The van der Waals surface area contributed by atoms with Gasteiger partial charge >= 0.3 is 0 Å². The maximum absolute atomic E-state index is 12.6. The average molecular weight is 434 g/mol. The number of anilines is 1. The fraction of sp³-hybridized carbons (Fsp3) is 0.423. The molecule has 1 amide bonds. The third-order valence-corrected chi connectivity index (χ3v) is 7.33. The molecule has 2 aliphatic rings. The molecule has 0 aromatic heterocycles. The average Bonchev–Trinajstić information content (AvgIpc) is 3.10. The lowest BCUT2D eigenvalue weighted by Gasteiger charge is -2.30. The minimum absolute atomic E-state index is 0.0163. The molecular formula is C26H31N3OS. The Labute approximate surface area is 189 Å². The number of thioether (sulfide) groups is 1. The molecule has 1 heterocycles. The SMILES string of the molecule is Cc1ccc(C2=NC3(CCC(C)CC3)N=C2SCC(=O)Nc2ccc(C)c(C)c2)cc1. The van der Waals surface area contributed by atoms with Crippen molar-refractivity contribution >= 4 is 34.1 Å². The van der Waals surface area contributed by atoms with Gasteiger partial charge in [-0.3, -0.25) is 9.79 Å². The summed E-state index contributed by atoms with van der Waals surface area (Å²) in [5, 5.41) is 3.92. The van der Waals surface area contributed by atoms with E-state index in [1.54, 1.807) is 0 Å². The van der Waals surface area contributed by atoms with E-state index in [1.165, 1.54) is 28.5 Å². The summed E-state index contributed by atoms with van der Waals surface area (Å²) < 4.78 is 0. The molecule has 5 heteroatoms. The van der Waals surface area contributed by atoms with Crippen molar-refractivity contribution in [2.75, 3.05) is 11.1 Å². The second kappa shape index (κ2) is 8.99. The summed E-state index contributed by atoms with van der Waals surface area (Å²) >= 11 is 1.50. The highest BCUT2D eigenvalue weighted by atomic mass is 32.2. The van der Waals surface area contributed by atoms with Crippen molar-refractivity contribution in [2.45, 2.75) is 59.0 Å². The Morgan fingerprint density at radius 2 is 1.74 bits per heavy atom. The summed E-state index contributed by atoms with van der Waals surface area (Å²) in [6, 6.07) is 14.5. The Hall–Kier alpha value is -2.40. The van der Waals surface area contributed by atoms with Crippen molar-refractivity contribution in [2.24, 2.45) is 15.9 Å². The third kappa shape index (κ3) is 5.09. The van der Waals surface area contributed by atoms with Crippen LogP contribution in [0.5, 0.6) is 0 Å². The first-order valence-electron chi connectivity index (χ1n) is 11.1. The van der Waals surface area contributed by atoms with Crippen LogP contribution in [0.1, 0.15) is 54.9 Å². The van der Waals surface area contributed by atoms with E-state index in [0.717, 1.165) is 53.6 Å². The number of aliphatic imine (C=N–C) groups is 2. The number of hydrogen-bond acceptors (Lipinski definition) is 4. The van der Waals surface area contributed by atoms with Gasteiger partial charge in [0.2, 0.25) is 5.91 Å². The Bertz CT molecular complexity index is 1030. The van der Waals surface area contributed by atoms with E-state index in [0.29, 0.717) is 5.75 Å². The zero-order valence-corrected chi connectivity index (χ0v) is 19.7. The van der Waals surface area contributed by atoms with Crippen LogP contribution in [0.2, 0.25) is 0 Å². The number of hydrogen-bond donors (Lipinski definition) is 1. The van der Waals surface area contributed by atoms with E-state index in [1.807, 2.05) is 18.2 Å². The number of nitrogens with zero attached hydrogens (tertiary/aromatic N) is 2. The molecule has 31 heavy (non-hydrogen) atoms. The van der Waals surface area contributed by atoms with Gasteiger partial charge in [-0.1, -0.05) is 54.6 Å². The van der Waals surface area contributed by atoms with Crippen molar-refractivity contribution in [3.8, 4) is 0 Å². The topological polar surface area (TPSA) is 53.8 Å². The molecular weight excluding hydrogens is 402 g/mol. The van der Waals surface area contributed by atoms with E-state index >= 15 is 0 Å². The van der Waals surface area contributed by atoms with Crippen molar-refractivity contribution in [1.82, 2.24) is 0 Å². The molecule has 0 atom stereocenters. The van der Waals surface area contributed by atoms with Gasteiger partial charge in [-0.15, -0.1) is 0 Å². The highest BCUT2D eigenvalue weighted by molar-refractivity contribution is 8.16. The molecule has 2 aromatic carbocycles. The summed E-state index contributed by atoms with van der Waals surface area (Å²) in [5.41, 5.74) is 6.15. The lowest BCUT2D eigenvalue weighted by molar-refractivity contribution is -0.113. The number of rotatable bonds is 4. The van der Waals surface area contributed by atoms with Crippen molar-refractivity contribution in [3.63, 3.8) is 0 Å². The fourth-order valence-corrected chi connectivity index (χ4v) is 5.00. The van der Waals surface area contributed by atoms with Gasteiger partial charge in [0.25, 0.3) is 0 Å². The predicted molar refractivity (Wildman–Crippen MR) is 133 cm³/mol. The molecule has 1 saturated carbocycles. The fourth-order valence-electron chi connectivity index (χ4n) is 4.12. The molecule has 1 aliphatic carbocycles. The number of amides is 1. The van der Waals surface area contributed by atoms with E-state index < -0.39 is 0 Å². The zero-order valence-electron chi connectivity index (χ0n) is 18.9. The van der Waals surface area contributed by atoms with Gasteiger partial charge in [0, 0.05) is 11.3 Å². The number of carbonyl (C=O) groups excluding carboxylic acids is 1. The van der Waals surface area contributed by atoms with Crippen molar-refractivity contribution in [3.05, 3.63) is 64.7 Å². The largest absolute Gasteiger partial charge is 0.325 e.